The molecule has 0 aromatic heterocycles. The van der Waals surface area contributed by atoms with Gasteiger partial charge in [0.05, 0.1) is 6.61 Å². The maximum Gasteiger partial charge on any atom is 0.124 e. The molecule has 19 heavy (non-hydrogen) atoms. The van der Waals surface area contributed by atoms with Gasteiger partial charge in [-0.3, -0.25) is 0 Å². The first kappa shape index (κ1) is 16.3. The molecule has 0 aliphatic rings. The average molecular weight is 286 g/mol. The SMILES string of the molecule is CC(C)CCOCCOc1ccc(Cl)cc1[C@@H](C)N. The van der Waals surface area contributed by atoms with Crippen molar-refractivity contribution in [3.05, 3.63) is 28.8 Å². The minimum Gasteiger partial charge on any atom is -0.491 e. The fraction of sp³-hybridized carbons (Fsp3) is 0.600. The van der Waals surface area contributed by atoms with E-state index in [9.17, 15) is 0 Å². The van der Waals surface area contributed by atoms with Gasteiger partial charge in [-0.05, 0) is 37.5 Å². The summed E-state index contributed by atoms with van der Waals surface area (Å²) in [5, 5.41) is 0.674. The minimum absolute atomic E-state index is 0.101. The third-order valence-electron chi connectivity index (χ3n) is 2.79. The summed E-state index contributed by atoms with van der Waals surface area (Å²) in [5.41, 5.74) is 6.82. The molecule has 0 aliphatic heterocycles. The number of halogens is 1. The number of nitrogens with two attached hydrogens (primary N) is 1. The Morgan fingerprint density at radius 3 is 2.53 bits per heavy atom. The molecule has 0 heterocycles. The van der Waals surface area contributed by atoms with Crippen molar-refractivity contribution in [3.8, 4) is 5.75 Å². The summed E-state index contributed by atoms with van der Waals surface area (Å²) in [6.45, 7) is 8.18. The van der Waals surface area contributed by atoms with E-state index in [-0.39, 0.29) is 6.04 Å². The van der Waals surface area contributed by atoms with E-state index < -0.39 is 0 Å². The van der Waals surface area contributed by atoms with Crippen LogP contribution in [0.5, 0.6) is 5.75 Å². The summed E-state index contributed by atoms with van der Waals surface area (Å²) in [7, 11) is 0. The van der Waals surface area contributed by atoms with Gasteiger partial charge in [0, 0.05) is 23.2 Å². The van der Waals surface area contributed by atoms with Gasteiger partial charge in [0.15, 0.2) is 0 Å². The first-order chi connectivity index (χ1) is 9.00. The molecule has 1 aromatic carbocycles. The van der Waals surface area contributed by atoms with Crippen LogP contribution in [0.15, 0.2) is 18.2 Å². The molecule has 0 radical (unpaired) electrons. The second-order valence-electron chi connectivity index (χ2n) is 5.11. The Kier molecular flexibility index (Phi) is 7.21. The smallest absolute Gasteiger partial charge is 0.124 e. The van der Waals surface area contributed by atoms with Crippen molar-refractivity contribution in [1.29, 1.82) is 0 Å². The quantitative estimate of drug-likeness (QED) is 0.739. The zero-order valence-electron chi connectivity index (χ0n) is 12.0. The van der Waals surface area contributed by atoms with Gasteiger partial charge >= 0.3 is 0 Å². The molecule has 0 fully saturated rings. The third-order valence-corrected chi connectivity index (χ3v) is 3.02. The fourth-order valence-electron chi connectivity index (χ4n) is 1.64. The molecule has 4 heteroatoms. The van der Waals surface area contributed by atoms with Gasteiger partial charge in [0.1, 0.15) is 12.4 Å². The summed E-state index contributed by atoms with van der Waals surface area (Å²) in [5.74, 6) is 1.45. The fourth-order valence-corrected chi connectivity index (χ4v) is 1.82. The Labute approximate surface area is 121 Å². The molecule has 0 saturated carbocycles. The van der Waals surface area contributed by atoms with Crippen LogP contribution < -0.4 is 10.5 Å². The van der Waals surface area contributed by atoms with Crippen LogP contribution in [0, 0.1) is 5.92 Å². The van der Waals surface area contributed by atoms with Gasteiger partial charge in [-0.2, -0.15) is 0 Å². The van der Waals surface area contributed by atoms with Crippen LogP contribution in [0.25, 0.3) is 0 Å². The van der Waals surface area contributed by atoms with Gasteiger partial charge in [0.25, 0.3) is 0 Å². The molecule has 0 amide bonds. The highest BCUT2D eigenvalue weighted by atomic mass is 35.5. The standard InChI is InChI=1S/C15H24ClNO2/c1-11(2)6-7-18-8-9-19-15-5-4-13(16)10-14(15)12(3)17/h4-5,10-12H,6-9,17H2,1-3H3/t12-/m1/s1. The van der Waals surface area contributed by atoms with Gasteiger partial charge in [-0.25, -0.2) is 0 Å². The zero-order valence-corrected chi connectivity index (χ0v) is 12.7. The Morgan fingerprint density at radius 1 is 1.16 bits per heavy atom. The number of hydrogen-bond donors (Lipinski definition) is 1. The highest BCUT2D eigenvalue weighted by Crippen LogP contribution is 2.27. The van der Waals surface area contributed by atoms with Crippen molar-refractivity contribution in [2.75, 3.05) is 19.8 Å². The molecule has 0 unspecified atom stereocenters. The first-order valence-corrected chi connectivity index (χ1v) is 7.14. The topological polar surface area (TPSA) is 44.5 Å². The monoisotopic (exact) mass is 285 g/mol. The van der Waals surface area contributed by atoms with Gasteiger partial charge in [-0.1, -0.05) is 25.4 Å². The number of rotatable bonds is 8. The molecular formula is C15H24ClNO2. The highest BCUT2D eigenvalue weighted by Gasteiger charge is 2.08. The third kappa shape index (κ3) is 6.28. The lowest BCUT2D eigenvalue weighted by Crippen LogP contribution is -2.12. The van der Waals surface area contributed by atoms with Crippen LogP contribution in [0.2, 0.25) is 5.02 Å². The van der Waals surface area contributed by atoms with E-state index >= 15 is 0 Å². The van der Waals surface area contributed by atoms with Gasteiger partial charge in [-0.15, -0.1) is 0 Å². The summed E-state index contributed by atoms with van der Waals surface area (Å²) < 4.78 is 11.2. The van der Waals surface area contributed by atoms with E-state index in [1.54, 1.807) is 0 Å². The van der Waals surface area contributed by atoms with Crippen molar-refractivity contribution in [1.82, 2.24) is 0 Å². The predicted octanol–water partition coefficient (Wildman–Crippen LogP) is 3.80. The van der Waals surface area contributed by atoms with Crippen molar-refractivity contribution in [2.24, 2.45) is 11.7 Å². The lowest BCUT2D eigenvalue weighted by atomic mass is 10.1. The predicted molar refractivity (Wildman–Crippen MR) is 79.8 cm³/mol. The largest absolute Gasteiger partial charge is 0.491 e. The summed E-state index contributed by atoms with van der Waals surface area (Å²) in [6.07, 6.45) is 1.08. The van der Waals surface area contributed by atoms with E-state index in [4.69, 9.17) is 26.8 Å². The normalized spacial score (nSPS) is 12.7. The van der Waals surface area contributed by atoms with Crippen molar-refractivity contribution in [2.45, 2.75) is 33.2 Å². The maximum atomic E-state index is 5.96. The molecule has 0 aliphatic carbocycles. The van der Waals surface area contributed by atoms with Crippen molar-refractivity contribution < 1.29 is 9.47 Å². The van der Waals surface area contributed by atoms with E-state index in [0.29, 0.717) is 24.2 Å². The summed E-state index contributed by atoms with van der Waals surface area (Å²) in [6, 6.07) is 5.41. The van der Waals surface area contributed by atoms with Crippen LogP contribution in [0.3, 0.4) is 0 Å². The Morgan fingerprint density at radius 2 is 1.89 bits per heavy atom. The molecule has 108 valence electrons. The summed E-state index contributed by atoms with van der Waals surface area (Å²) >= 11 is 5.96. The number of benzene rings is 1. The van der Waals surface area contributed by atoms with Crippen LogP contribution in [0.1, 0.15) is 38.8 Å². The van der Waals surface area contributed by atoms with Gasteiger partial charge < -0.3 is 15.2 Å². The maximum absolute atomic E-state index is 5.96. The average Bonchev–Trinajstić information content (AvgIpc) is 2.34. The van der Waals surface area contributed by atoms with Crippen molar-refractivity contribution in [3.63, 3.8) is 0 Å². The molecule has 0 saturated heterocycles. The lowest BCUT2D eigenvalue weighted by molar-refractivity contribution is 0.0922. The zero-order chi connectivity index (χ0) is 14.3. The number of hydrogen-bond acceptors (Lipinski definition) is 3. The van der Waals surface area contributed by atoms with E-state index in [1.807, 2.05) is 25.1 Å². The lowest BCUT2D eigenvalue weighted by Gasteiger charge is -2.14. The molecule has 0 spiro atoms. The van der Waals surface area contributed by atoms with Crippen LogP contribution in [0.4, 0.5) is 0 Å². The molecule has 2 N–H and O–H groups in total. The molecular weight excluding hydrogens is 262 g/mol. The van der Waals surface area contributed by atoms with Crippen LogP contribution in [-0.2, 0) is 4.74 Å². The van der Waals surface area contributed by atoms with E-state index in [0.717, 1.165) is 24.3 Å². The second kappa shape index (κ2) is 8.41. The molecule has 1 rings (SSSR count). The Hall–Kier alpha value is -0.770. The Balaban J connectivity index is 2.37. The second-order valence-corrected chi connectivity index (χ2v) is 5.55. The summed E-state index contributed by atoms with van der Waals surface area (Å²) in [4.78, 5) is 0. The molecule has 1 atom stereocenters. The van der Waals surface area contributed by atoms with Crippen molar-refractivity contribution >= 4 is 11.6 Å². The highest BCUT2D eigenvalue weighted by molar-refractivity contribution is 6.30. The minimum atomic E-state index is -0.101. The molecule has 1 aromatic rings. The van der Waals surface area contributed by atoms with Crippen LogP contribution >= 0.6 is 11.6 Å². The Bertz CT molecular complexity index is 380. The molecule has 0 bridgehead atoms. The first-order valence-electron chi connectivity index (χ1n) is 6.76. The molecule has 3 nitrogen and oxygen atoms in total. The van der Waals surface area contributed by atoms with Crippen LogP contribution in [-0.4, -0.2) is 19.8 Å². The number of ether oxygens (including phenoxy) is 2. The van der Waals surface area contributed by atoms with E-state index in [1.165, 1.54) is 0 Å². The van der Waals surface area contributed by atoms with E-state index in [2.05, 4.69) is 13.8 Å². The van der Waals surface area contributed by atoms with Gasteiger partial charge in [0.2, 0.25) is 0 Å².